The number of aryl methyl sites for hydroxylation is 1. The summed E-state index contributed by atoms with van der Waals surface area (Å²) >= 11 is 0. The van der Waals surface area contributed by atoms with Gasteiger partial charge in [-0.05, 0) is 18.6 Å². The number of para-hydroxylation sites is 1. The van der Waals surface area contributed by atoms with Gasteiger partial charge in [0, 0.05) is 11.8 Å². The van der Waals surface area contributed by atoms with Crippen LogP contribution in [0.5, 0.6) is 0 Å². The molecule has 0 atom stereocenters. The highest BCUT2D eigenvalue weighted by Gasteiger charge is 2.06. The Bertz CT molecular complexity index is 699. The highest BCUT2D eigenvalue weighted by atomic mass is 15.0. The molecule has 0 saturated heterocycles. The Morgan fingerprint density at radius 2 is 1.79 bits per heavy atom. The lowest BCUT2D eigenvalue weighted by Crippen LogP contribution is -1.99. The summed E-state index contributed by atoms with van der Waals surface area (Å²) in [6, 6.07) is 16.1. The quantitative estimate of drug-likeness (QED) is 0.707. The van der Waals surface area contributed by atoms with Gasteiger partial charge in [-0.15, -0.1) is 0 Å². The standard InChI is InChI=1S/C16H15N3/c1-12-6-5-9-15(16(12)17)19-10-14(18-11-19)13-7-3-2-4-8-13/h2-11H,17H2,1H3. The van der Waals surface area contributed by atoms with Gasteiger partial charge in [0.2, 0.25) is 0 Å². The molecule has 3 aromatic rings. The van der Waals surface area contributed by atoms with Gasteiger partial charge in [0.05, 0.1) is 23.4 Å². The number of nitrogen functional groups attached to an aromatic ring is 1. The van der Waals surface area contributed by atoms with Crippen LogP contribution in [0, 0.1) is 6.92 Å². The lowest BCUT2D eigenvalue weighted by molar-refractivity contribution is 1.06. The number of imidazole rings is 1. The van der Waals surface area contributed by atoms with E-state index in [0.717, 1.165) is 28.2 Å². The van der Waals surface area contributed by atoms with Crippen LogP contribution in [0.2, 0.25) is 0 Å². The third kappa shape index (κ3) is 2.10. The number of aromatic nitrogens is 2. The second-order valence-corrected chi connectivity index (χ2v) is 4.54. The van der Waals surface area contributed by atoms with Crippen molar-refractivity contribution in [1.82, 2.24) is 9.55 Å². The first-order chi connectivity index (χ1) is 9.25. The summed E-state index contributed by atoms with van der Waals surface area (Å²) in [5, 5.41) is 0. The van der Waals surface area contributed by atoms with Crippen molar-refractivity contribution in [2.45, 2.75) is 6.92 Å². The molecule has 0 radical (unpaired) electrons. The fourth-order valence-corrected chi connectivity index (χ4v) is 2.10. The van der Waals surface area contributed by atoms with Crippen LogP contribution in [-0.4, -0.2) is 9.55 Å². The first-order valence-electron chi connectivity index (χ1n) is 6.20. The lowest BCUT2D eigenvalue weighted by Gasteiger charge is -2.08. The van der Waals surface area contributed by atoms with E-state index in [2.05, 4.69) is 4.98 Å². The summed E-state index contributed by atoms with van der Waals surface area (Å²) in [5.41, 5.74) is 11.0. The number of nitrogens with zero attached hydrogens (tertiary/aromatic N) is 2. The van der Waals surface area contributed by atoms with Gasteiger partial charge in [0.25, 0.3) is 0 Å². The monoisotopic (exact) mass is 249 g/mol. The maximum absolute atomic E-state index is 6.11. The van der Waals surface area contributed by atoms with E-state index in [0.29, 0.717) is 0 Å². The van der Waals surface area contributed by atoms with Crippen molar-refractivity contribution < 1.29 is 0 Å². The third-order valence-electron chi connectivity index (χ3n) is 3.23. The topological polar surface area (TPSA) is 43.8 Å². The van der Waals surface area contributed by atoms with Crippen LogP contribution < -0.4 is 5.73 Å². The fraction of sp³-hybridized carbons (Fsp3) is 0.0625. The smallest absolute Gasteiger partial charge is 0.1000 e. The van der Waals surface area contributed by atoms with Gasteiger partial charge in [0.15, 0.2) is 0 Å². The molecular formula is C16H15N3. The minimum absolute atomic E-state index is 0.791. The predicted octanol–water partition coefficient (Wildman–Crippen LogP) is 3.43. The Kier molecular flexibility index (Phi) is 2.80. The molecular weight excluding hydrogens is 234 g/mol. The van der Waals surface area contributed by atoms with E-state index >= 15 is 0 Å². The molecule has 94 valence electrons. The highest BCUT2D eigenvalue weighted by Crippen LogP contribution is 2.23. The molecule has 3 nitrogen and oxygen atoms in total. The van der Waals surface area contributed by atoms with Gasteiger partial charge in [-0.2, -0.15) is 0 Å². The number of anilines is 1. The second kappa shape index (κ2) is 4.61. The van der Waals surface area contributed by atoms with Crippen molar-refractivity contribution in [1.29, 1.82) is 0 Å². The van der Waals surface area contributed by atoms with Gasteiger partial charge in [-0.25, -0.2) is 4.98 Å². The van der Waals surface area contributed by atoms with Crippen molar-refractivity contribution in [3.8, 4) is 16.9 Å². The Balaban J connectivity index is 2.05. The third-order valence-corrected chi connectivity index (χ3v) is 3.23. The van der Waals surface area contributed by atoms with Crippen molar-refractivity contribution in [3.05, 3.63) is 66.6 Å². The molecule has 1 heterocycles. The highest BCUT2D eigenvalue weighted by molar-refractivity contribution is 5.64. The van der Waals surface area contributed by atoms with Gasteiger partial charge in [0.1, 0.15) is 0 Å². The molecule has 0 saturated carbocycles. The molecule has 3 rings (SSSR count). The molecule has 0 aliphatic carbocycles. The summed E-state index contributed by atoms with van der Waals surface area (Å²) in [6.07, 6.45) is 3.80. The van der Waals surface area contributed by atoms with E-state index in [4.69, 9.17) is 5.73 Å². The molecule has 1 aromatic heterocycles. The number of hydrogen-bond acceptors (Lipinski definition) is 2. The van der Waals surface area contributed by atoms with Crippen LogP contribution in [0.25, 0.3) is 16.9 Å². The second-order valence-electron chi connectivity index (χ2n) is 4.54. The molecule has 0 aliphatic rings. The summed E-state index contributed by atoms with van der Waals surface area (Å²) in [4.78, 5) is 4.44. The fourth-order valence-electron chi connectivity index (χ4n) is 2.10. The van der Waals surface area contributed by atoms with E-state index in [1.807, 2.05) is 66.2 Å². The van der Waals surface area contributed by atoms with Gasteiger partial charge in [-0.1, -0.05) is 42.5 Å². The normalized spacial score (nSPS) is 10.6. The van der Waals surface area contributed by atoms with E-state index in [-0.39, 0.29) is 0 Å². The zero-order valence-electron chi connectivity index (χ0n) is 10.7. The number of hydrogen-bond donors (Lipinski definition) is 1. The summed E-state index contributed by atoms with van der Waals surface area (Å²) < 4.78 is 1.96. The Morgan fingerprint density at radius 1 is 1.00 bits per heavy atom. The van der Waals surface area contributed by atoms with Crippen LogP contribution >= 0.6 is 0 Å². The first-order valence-corrected chi connectivity index (χ1v) is 6.20. The Hall–Kier alpha value is -2.55. The molecule has 0 spiro atoms. The van der Waals surface area contributed by atoms with Gasteiger partial charge in [-0.3, -0.25) is 0 Å². The van der Waals surface area contributed by atoms with E-state index in [9.17, 15) is 0 Å². The first kappa shape index (κ1) is 11.5. The zero-order valence-corrected chi connectivity index (χ0v) is 10.7. The van der Waals surface area contributed by atoms with Crippen molar-refractivity contribution in [2.75, 3.05) is 5.73 Å². The molecule has 0 aliphatic heterocycles. The van der Waals surface area contributed by atoms with Crippen LogP contribution in [0.3, 0.4) is 0 Å². The molecule has 0 bridgehead atoms. The van der Waals surface area contributed by atoms with Gasteiger partial charge >= 0.3 is 0 Å². The SMILES string of the molecule is Cc1cccc(-n2cnc(-c3ccccc3)c2)c1N. The average molecular weight is 249 g/mol. The van der Waals surface area contributed by atoms with E-state index in [1.54, 1.807) is 6.33 Å². The largest absolute Gasteiger partial charge is 0.397 e. The molecule has 0 amide bonds. The Morgan fingerprint density at radius 3 is 2.58 bits per heavy atom. The molecule has 0 unspecified atom stereocenters. The van der Waals surface area contributed by atoms with Crippen LogP contribution in [-0.2, 0) is 0 Å². The van der Waals surface area contributed by atoms with Crippen LogP contribution in [0.1, 0.15) is 5.56 Å². The lowest BCUT2D eigenvalue weighted by atomic mass is 10.1. The molecule has 19 heavy (non-hydrogen) atoms. The van der Waals surface area contributed by atoms with Crippen molar-refractivity contribution in [2.24, 2.45) is 0 Å². The molecule has 2 N–H and O–H groups in total. The zero-order chi connectivity index (χ0) is 13.2. The predicted molar refractivity (Wildman–Crippen MR) is 78.1 cm³/mol. The Labute approximate surface area is 112 Å². The van der Waals surface area contributed by atoms with Gasteiger partial charge < -0.3 is 10.3 Å². The maximum atomic E-state index is 6.11. The molecule has 3 heteroatoms. The van der Waals surface area contributed by atoms with Crippen molar-refractivity contribution >= 4 is 5.69 Å². The van der Waals surface area contributed by atoms with E-state index < -0.39 is 0 Å². The molecule has 0 fully saturated rings. The number of benzene rings is 2. The number of nitrogens with two attached hydrogens (primary N) is 1. The van der Waals surface area contributed by atoms with Crippen molar-refractivity contribution in [3.63, 3.8) is 0 Å². The maximum Gasteiger partial charge on any atom is 0.1000 e. The van der Waals surface area contributed by atoms with Crippen LogP contribution in [0.15, 0.2) is 61.1 Å². The van der Waals surface area contributed by atoms with E-state index in [1.165, 1.54) is 0 Å². The summed E-state index contributed by atoms with van der Waals surface area (Å²) in [5.74, 6) is 0. The minimum atomic E-state index is 0.791. The summed E-state index contributed by atoms with van der Waals surface area (Å²) in [6.45, 7) is 2.01. The average Bonchev–Trinajstić information content (AvgIpc) is 2.92. The minimum Gasteiger partial charge on any atom is -0.397 e. The molecule has 2 aromatic carbocycles. The van der Waals surface area contributed by atoms with Crippen LogP contribution in [0.4, 0.5) is 5.69 Å². The summed E-state index contributed by atoms with van der Waals surface area (Å²) in [7, 11) is 0. The number of rotatable bonds is 2.